The van der Waals surface area contributed by atoms with Gasteiger partial charge in [-0.3, -0.25) is 4.90 Å². The van der Waals surface area contributed by atoms with Gasteiger partial charge >= 0.3 is 0 Å². The Labute approximate surface area is 121 Å². The predicted octanol–water partition coefficient (Wildman–Crippen LogP) is 4.96. The molecule has 0 aromatic carbocycles. The molecule has 0 radical (unpaired) electrons. The quantitative estimate of drug-likeness (QED) is 0.682. The molecule has 1 atom stereocenters. The minimum Gasteiger partial charge on any atom is -0.298 e. The average Bonchev–Trinajstić information content (AvgIpc) is 2.78. The van der Waals surface area contributed by atoms with Crippen LogP contribution in [0.2, 0.25) is 0 Å². The van der Waals surface area contributed by atoms with Crippen molar-refractivity contribution >= 4 is 0 Å². The lowest BCUT2D eigenvalue weighted by Crippen LogP contribution is -2.55. The van der Waals surface area contributed by atoms with E-state index in [0.29, 0.717) is 21.8 Å². The fourth-order valence-electron chi connectivity index (χ4n) is 4.12. The SMILES string of the molecule is CC(C)(C)C(C)(C)N1CCC(C2(C)CC2(C)C)CC1. The summed E-state index contributed by atoms with van der Waals surface area (Å²) in [6.07, 6.45) is 4.24. The Kier molecular flexibility index (Phi) is 3.42. The van der Waals surface area contributed by atoms with Crippen LogP contribution in [-0.4, -0.2) is 23.5 Å². The van der Waals surface area contributed by atoms with Crippen LogP contribution in [0, 0.1) is 22.2 Å². The van der Waals surface area contributed by atoms with Crippen molar-refractivity contribution in [2.45, 2.75) is 80.2 Å². The molecular formula is C18H35N. The predicted molar refractivity (Wildman–Crippen MR) is 84.3 cm³/mol. The Morgan fingerprint density at radius 2 is 1.32 bits per heavy atom. The molecule has 0 spiro atoms. The highest BCUT2D eigenvalue weighted by Crippen LogP contribution is 2.68. The number of piperidine rings is 1. The smallest absolute Gasteiger partial charge is 0.0201 e. The highest BCUT2D eigenvalue weighted by atomic mass is 15.2. The van der Waals surface area contributed by atoms with Gasteiger partial charge in [0.15, 0.2) is 0 Å². The van der Waals surface area contributed by atoms with Crippen LogP contribution in [-0.2, 0) is 0 Å². The average molecular weight is 265 g/mol. The molecule has 1 saturated carbocycles. The molecule has 1 unspecified atom stereocenters. The standard InChI is InChI=1S/C18H35N/c1-15(2,3)17(6,7)19-11-9-14(10-12-19)18(8)13-16(18,4)5/h14H,9-13H2,1-8H3. The van der Waals surface area contributed by atoms with Gasteiger partial charge in [0.25, 0.3) is 0 Å². The van der Waals surface area contributed by atoms with Gasteiger partial charge in [0.05, 0.1) is 0 Å². The van der Waals surface area contributed by atoms with E-state index in [1.807, 2.05) is 0 Å². The molecule has 1 nitrogen and oxygen atoms in total. The van der Waals surface area contributed by atoms with Gasteiger partial charge in [-0.2, -0.15) is 0 Å². The fourth-order valence-corrected chi connectivity index (χ4v) is 4.12. The van der Waals surface area contributed by atoms with E-state index in [1.165, 1.54) is 32.4 Å². The van der Waals surface area contributed by atoms with Crippen molar-refractivity contribution in [2.24, 2.45) is 22.2 Å². The molecule has 1 heteroatoms. The first-order chi connectivity index (χ1) is 8.42. The lowest BCUT2D eigenvalue weighted by Gasteiger charge is -2.51. The third-order valence-corrected chi connectivity index (χ3v) is 7.25. The molecule has 112 valence electrons. The van der Waals surface area contributed by atoms with Crippen molar-refractivity contribution in [3.63, 3.8) is 0 Å². The normalized spacial score (nSPS) is 33.5. The second-order valence-corrected chi connectivity index (χ2v) is 9.55. The third kappa shape index (κ3) is 2.37. The Morgan fingerprint density at radius 3 is 1.63 bits per heavy atom. The number of likely N-dealkylation sites (tertiary alicyclic amines) is 1. The molecule has 0 aromatic heterocycles. The van der Waals surface area contributed by atoms with Crippen LogP contribution in [0.4, 0.5) is 0 Å². The summed E-state index contributed by atoms with van der Waals surface area (Å²) in [5.41, 5.74) is 1.88. The van der Waals surface area contributed by atoms with E-state index in [1.54, 1.807) is 0 Å². The Bertz CT molecular complexity index is 339. The summed E-state index contributed by atoms with van der Waals surface area (Å²) in [6, 6.07) is 0. The molecule has 2 aliphatic rings. The van der Waals surface area contributed by atoms with Crippen LogP contribution in [0.1, 0.15) is 74.7 Å². The van der Waals surface area contributed by atoms with E-state index in [2.05, 4.69) is 60.3 Å². The van der Waals surface area contributed by atoms with Crippen LogP contribution >= 0.6 is 0 Å². The minimum atomic E-state index is 0.304. The molecule has 2 fully saturated rings. The summed E-state index contributed by atoms with van der Waals surface area (Å²) < 4.78 is 0. The first kappa shape index (κ1) is 15.4. The second kappa shape index (κ2) is 4.23. The van der Waals surface area contributed by atoms with E-state index in [4.69, 9.17) is 0 Å². The zero-order valence-corrected chi connectivity index (χ0v) is 14.6. The fraction of sp³-hybridized carbons (Fsp3) is 1.00. The van der Waals surface area contributed by atoms with Gasteiger partial charge in [-0.1, -0.05) is 41.5 Å². The van der Waals surface area contributed by atoms with Crippen LogP contribution < -0.4 is 0 Å². The molecule has 19 heavy (non-hydrogen) atoms. The number of rotatable bonds is 2. The first-order valence-electron chi connectivity index (χ1n) is 8.17. The number of hydrogen-bond donors (Lipinski definition) is 0. The monoisotopic (exact) mass is 265 g/mol. The van der Waals surface area contributed by atoms with Crippen molar-refractivity contribution in [3.8, 4) is 0 Å². The zero-order valence-electron chi connectivity index (χ0n) is 14.6. The van der Waals surface area contributed by atoms with Crippen LogP contribution in [0.3, 0.4) is 0 Å². The first-order valence-corrected chi connectivity index (χ1v) is 8.17. The van der Waals surface area contributed by atoms with Gasteiger partial charge in [0, 0.05) is 5.54 Å². The molecule has 2 rings (SSSR count). The second-order valence-electron chi connectivity index (χ2n) is 9.55. The largest absolute Gasteiger partial charge is 0.298 e. The Morgan fingerprint density at radius 1 is 0.895 bits per heavy atom. The Balaban J connectivity index is 1.97. The van der Waals surface area contributed by atoms with E-state index >= 15 is 0 Å². The Hall–Kier alpha value is -0.0400. The van der Waals surface area contributed by atoms with Crippen LogP contribution in [0.25, 0.3) is 0 Å². The molecular weight excluding hydrogens is 230 g/mol. The molecule has 0 aromatic rings. The maximum absolute atomic E-state index is 2.74. The van der Waals surface area contributed by atoms with Crippen molar-refractivity contribution in [3.05, 3.63) is 0 Å². The molecule has 1 heterocycles. The van der Waals surface area contributed by atoms with Crippen LogP contribution in [0.15, 0.2) is 0 Å². The topological polar surface area (TPSA) is 3.24 Å². The van der Waals surface area contributed by atoms with Crippen LogP contribution in [0.5, 0.6) is 0 Å². The van der Waals surface area contributed by atoms with E-state index in [-0.39, 0.29) is 0 Å². The molecule has 0 bridgehead atoms. The summed E-state index contributed by atoms with van der Waals surface area (Å²) >= 11 is 0. The van der Waals surface area contributed by atoms with Gasteiger partial charge in [-0.05, 0) is 68.4 Å². The van der Waals surface area contributed by atoms with Gasteiger partial charge in [0.2, 0.25) is 0 Å². The van der Waals surface area contributed by atoms with E-state index in [0.717, 1.165) is 5.92 Å². The number of hydrogen-bond acceptors (Lipinski definition) is 1. The summed E-state index contributed by atoms with van der Waals surface area (Å²) in [4.78, 5) is 2.74. The van der Waals surface area contributed by atoms with E-state index < -0.39 is 0 Å². The van der Waals surface area contributed by atoms with Gasteiger partial charge < -0.3 is 0 Å². The molecule has 0 N–H and O–H groups in total. The zero-order chi connectivity index (χ0) is 14.7. The van der Waals surface area contributed by atoms with Crippen molar-refractivity contribution < 1.29 is 0 Å². The summed E-state index contributed by atoms with van der Waals surface area (Å²) in [5.74, 6) is 0.953. The summed E-state index contributed by atoms with van der Waals surface area (Å²) in [7, 11) is 0. The van der Waals surface area contributed by atoms with Gasteiger partial charge in [0.1, 0.15) is 0 Å². The molecule has 0 amide bonds. The molecule has 1 aliphatic carbocycles. The third-order valence-electron chi connectivity index (χ3n) is 7.25. The lowest BCUT2D eigenvalue weighted by molar-refractivity contribution is -0.0128. The summed E-state index contributed by atoms with van der Waals surface area (Å²) in [6.45, 7) is 22.0. The van der Waals surface area contributed by atoms with Crippen molar-refractivity contribution in [2.75, 3.05) is 13.1 Å². The lowest BCUT2D eigenvalue weighted by atomic mass is 9.72. The summed E-state index contributed by atoms with van der Waals surface area (Å²) in [5, 5.41) is 0. The highest BCUT2D eigenvalue weighted by Gasteiger charge is 2.61. The highest BCUT2D eigenvalue weighted by molar-refractivity contribution is 5.11. The van der Waals surface area contributed by atoms with Gasteiger partial charge in [-0.15, -0.1) is 0 Å². The van der Waals surface area contributed by atoms with Crippen molar-refractivity contribution in [1.82, 2.24) is 4.90 Å². The number of nitrogens with zero attached hydrogens (tertiary/aromatic N) is 1. The maximum atomic E-state index is 2.74. The minimum absolute atomic E-state index is 0.304. The molecule has 1 aliphatic heterocycles. The van der Waals surface area contributed by atoms with Crippen molar-refractivity contribution in [1.29, 1.82) is 0 Å². The molecule has 1 saturated heterocycles. The maximum Gasteiger partial charge on any atom is 0.0201 e. The van der Waals surface area contributed by atoms with E-state index in [9.17, 15) is 0 Å². The van der Waals surface area contributed by atoms with Gasteiger partial charge in [-0.25, -0.2) is 0 Å².